The van der Waals surface area contributed by atoms with E-state index in [2.05, 4.69) is 54.5 Å². The van der Waals surface area contributed by atoms with Crippen LogP contribution in [-0.4, -0.2) is 70.1 Å². The van der Waals surface area contributed by atoms with Crippen LogP contribution < -0.4 is 0 Å². The summed E-state index contributed by atoms with van der Waals surface area (Å²) in [6.07, 6.45) is 18.6. The minimum absolute atomic E-state index is 0.0179. The molecule has 7 heteroatoms. The number of Topliss-reactive ketones (excluding diaryl/α,β-unsaturated/α-hetero) is 1. The number of nitrogens with zero attached hydrogens (tertiary/aromatic N) is 1. The van der Waals surface area contributed by atoms with Gasteiger partial charge in [-0.3, -0.25) is 9.69 Å². The predicted octanol–water partition coefficient (Wildman–Crippen LogP) is 7.91. The van der Waals surface area contributed by atoms with Crippen molar-refractivity contribution in [1.82, 2.24) is 4.90 Å². The third-order valence-corrected chi connectivity index (χ3v) is 16.5. The molecular weight excluding hydrogens is 667 g/mol. The van der Waals surface area contributed by atoms with Crippen LogP contribution in [-0.2, 0) is 22.6 Å². The van der Waals surface area contributed by atoms with Gasteiger partial charge in [0.1, 0.15) is 0 Å². The van der Waals surface area contributed by atoms with Crippen molar-refractivity contribution in [2.75, 3.05) is 26.2 Å². The number of hydrogen-bond acceptors (Lipinski definition) is 7. The summed E-state index contributed by atoms with van der Waals surface area (Å²) in [5.74, 6) is 0.931. The van der Waals surface area contributed by atoms with Crippen molar-refractivity contribution in [3.05, 3.63) is 82.1 Å². The van der Waals surface area contributed by atoms with Gasteiger partial charge in [0, 0.05) is 52.2 Å². The Kier molecular flexibility index (Phi) is 10.0. The van der Waals surface area contributed by atoms with E-state index in [1.807, 2.05) is 30.3 Å². The van der Waals surface area contributed by atoms with Crippen molar-refractivity contribution in [3.63, 3.8) is 0 Å². The van der Waals surface area contributed by atoms with Crippen LogP contribution in [0.15, 0.2) is 71.6 Å². The number of ketones is 1. The number of aliphatic hydroxyl groups is 3. The van der Waals surface area contributed by atoms with E-state index in [4.69, 9.17) is 4.74 Å². The van der Waals surface area contributed by atoms with Crippen LogP contribution in [0.5, 0.6) is 0 Å². The van der Waals surface area contributed by atoms with Gasteiger partial charge in [-0.1, -0.05) is 87.7 Å². The molecule has 1 heterocycles. The van der Waals surface area contributed by atoms with Crippen molar-refractivity contribution >= 4 is 17.1 Å². The summed E-state index contributed by atoms with van der Waals surface area (Å²) in [5.41, 5.74) is 0.0877. The van der Waals surface area contributed by atoms with Gasteiger partial charge in [0.15, 0.2) is 5.78 Å². The first-order chi connectivity index (χ1) is 25.0. The van der Waals surface area contributed by atoms with Gasteiger partial charge in [0.05, 0.1) is 31.0 Å². The Hall–Kier alpha value is -2.13. The normalized spacial score (nSPS) is 38.8. The van der Waals surface area contributed by atoms with Gasteiger partial charge < -0.3 is 20.1 Å². The van der Waals surface area contributed by atoms with Gasteiger partial charge in [-0.15, -0.1) is 11.3 Å². The van der Waals surface area contributed by atoms with Crippen molar-refractivity contribution in [2.24, 2.45) is 39.4 Å². The molecule has 9 rings (SSSR count). The molecule has 4 saturated carbocycles. The predicted molar refractivity (Wildman–Crippen MR) is 207 cm³/mol. The fourth-order valence-corrected chi connectivity index (χ4v) is 13.5. The molecule has 3 N–H and O–H groups in total. The van der Waals surface area contributed by atoms with E-state index < -0.39 is 22.5 Å². The van der Waals surface area contributed by atoms with E-state index in [0.29, 0.717) is 44.2 Å². The molecule has 7 aliphatic carbocycles. The Bertz CT molecular complexity index is 1640. The van der Waals surface area contributed by atoms with Crippen molar-refractivity contribution in [1.29, 1.82) is 0 Å². The Balaban J connectivity index is 1.08. The average molecular weight is 728 g/mol. The monoisotopic (exact) mass is 727 g/mol. The van der Waals surface area contributed by atoms with E-state index in [9.17, 15) is 20.1 Å². The highest BCUT2D eigenvalue weighted by Crippen LogP contribution is 2.78. The number of hydrogen-bond donors (Lipinski definition) is 3. The molecule has 0 saturated heterocycles. The molecule has 9 unspecified atom stereocenters. The second kappa shape index (κ2) is 14.2. The molecule has 2 aromatic rings. The fraction of sp³-hybridized carbons (Fsp3) is 0.667. The molecule has 52 heavy (non-hydrogen) atoms. The zero-order chi connectivity index (χ0) is 36.2. The minimum Gasteiger partial charge on any atom is -0.393 e. The van der Waals surface area contributed by atoms with Crippen molar-refractivity contribution in [2.45, 2.75) is 122 Å². The topological polar surface area (TPSA) is 90.2 Å². The summed E-state index contributed by atoms with van der Waals surface area (Å²) in [6, 6.07) is 14.3. The summed E-state index contributed by atoms with van der Waals surface area (Å²) < 4.78 is 5.97. The quantitative estimate of drug-likeness (QED) is 0.182. The number of allylic oxidation sites excluding steroid dienone is 4. The van der Waals surface area contributed by atoms with Crippen LogP contribution in [0, 0.1) is 39.4 Å². The Labute approximate surface area is 315 Å². The molecule has 282 valence electrons. The number of aliphatic hydroxyl groups excluding tert-OH is 2. The maximum atomic E-state index is 14.9. The summed E-state index contributed by atoms with van der Waals surface area (Å²) >= 11 is 1.76. The van der Waals surface area contributed by atoms with E-state index in [-0.39, 0.29) is 35.4 Å². The molecule has 2 spiro atoms. The van der Waals surface area contributed by atoms with Crippen LogP contribution >= 0.6 is 11.3 Å². The maximum Gasteiger partial charge on any atom is 0.162 e. The first-order valence-electron chi connectivity index (χ1n) is 20.4. The van der Waals surface area contributed by atoms with Crippen LogP contribution in [0.2, 0.25) is 0 Å². The highest BCUT2D eigenvalue weighted by atomic mass is 32.1. The summed E-state index contributed by atoms with van der Waals surface area (Å²) in [4.78, 5) is 18.5. The van der Waals surface area contributed by atoms with Gasteiger partial charge in [-0.25, -0.2) is 0 Å². The molecule has 1 aromatic carbocycles. The summed E-state index contributed by atoms with van der Waals surface area (Å²) in [6.45, 7) is 7.19. The highest BCUT2D eigenvalue weighted by molar-refractivity contribution is 7.09. The second-order valence-corrected chi connectivity index (χ2v) is 19.3. The lowest BCUT2D eigenvalue weighted by molar-refractivity contribution is -0.180. The van der Waals surface area contributed by atoms with Gasteiger partial charge in [-0.2, -0.15) is 0 Å². The van der Waals surface area contributed by atoms with E-state index >= 15 is 0 Å². The standard InChI is InChI=1S/C45H61NO5S/c1-41-19-15-34(47)26-43(41)22-23-45(37(27-43)40(49)33-12-7-4-8-13-33)38(41)16-20-42(2)39(45)17-21-44(42,50)31-46(24-18-36-14-9-25-52-36)28-35(48)30-51-29-32-10-5-3-6-11-32/h3,5-6,9-11,14,22-23,25,27,33-35,38-39,47-48,50H,4,7-8,12-13,15-21,24,26,28-31H2,1-2H3. The molecule has 1 aromatic heterocycles. The molecule has 0 radical (unpaired) electrons. The van der Waals surface area contributed by atoms with Crippen molar-refractivity contribution in [3.8, 4) is 0 Å². The number of ether oxygens (including phenoxy) is 1. The second-order valence-electron chi connectivity index (χ2n) is 18.2. The van der Waals surface area contributed by atoms with E-state index in [0.717, 1.165) is 81.9 Å². The number of rotatable bonds is 13. The van der Waals surface area contributed by atoms with Crippen LogP contribution in [0.25, 0.3) is 0 Å². The van der Waals surface area contributed by atoms with Crippen LogP contribution in [0.4, 0.5) is 0 Å². The third kappa shape index (κ3) is 6.05. The van der Waals surface area contributed by atoms with Gasteiger partial charge in [0.2, 0.25) is 0 Å². The average Bonchev–Trinajstić information content (AvgIpc) is 3.76. The lowest BCUT2D eigenvalue weighted by Gasteiger charge is -2.71. The first kappa shape index (κ1) is 36.8. The molecule has 7 aliphatic rings. The lowest BCUT2D eigenvalue weighted by atomic mass is 9.32. The van der Waals surface area contributed by atoms with E-state index in [1.54, 1.807) is 11.3 Å². The molecule has 0 aliphatic heterocycles. The number of thiophene rings is 1. The zero-order valence-electron chi connectivity index (χ0n) is 31.5. The number of carbonyl (C=O) groups excluding carboxylic acids is 1. The first-order valence-corrected chi connectivity index (χ1v) is 21.3. The van der Waals surface area contributed by atoms with Crippen molar-refractivity contribution < 1.29 is 24.9 Å². The number of fused-ring (bicyclic) bond motifs is 1. The van der Waals surface area contributed by atoms with Gasteiger partial charge >= 0.3 is 0 Å². The SMILES string of the molecule is CC12CCC(O)CC13C=CC1(C(C(=O)C4CCCCC4)=C3)C2CCC2(C)C1CCC2(O)CN(CCc1cccs1)CC(O)COCc1ccccc1. The Morgan fingerprint density at radius 1 is 0.942 bits per heavy atom. The Morgan fingerprint density at radius 3 is 2.46 bits per heavy atom. The zero-order valence-corrected chi connectivity index (χ0v) is 32.3. The third-order valence-electron chi connectivity index (χ3n) is 15.6. The largest absolute Gasteiger partial charge is 0.393 e. The summed E-state index contributed by atoms with van der Waals surface area (Å²) in [7, 11) is 0. The van der Waals surface area contributed by atoms with E-state index in [1.165, 1.54) is 11.3 Å². The number of benzene rings is 1. The highest BCUT2D eigenvalue weighted by Gasteiger charge is 2.74. The summed E-state index contributed by atoms with van der Waals surface area (Å²) in [5, 5.41) is 37.6. The molecule has 4 fully saturated rings. The molecule has 0 amide bonds. The molecular formula is C45H61NO5S. The molecule has 9 atom stereocenters. The number of carbonyl (C=O) groups is 1. The fourth-order valence-electron chi connectivity index (χ4n) is 12.8. The Morgan fingerprint density at radius 2 is 1.69 bits per heavy atom. The van der Waals surface area contributed by atoms with Crippen LogP contribution in [0.1, 0.15) is 101 Å². The maximum absolute atomic E-state index is 14.9. The van der Waals surface area contributed by atoms with Gasteiger partial charge in [-0.05, 0) is 98.5 Å². The smallest absolute Gasteiger partial charge is 0.162 e. The minimum atomic E-state index is -0.958. The van der Waals surface area contributed by atoms with Gasteiger partial charge in [0.25, 0.3) is 0 Å². The lowest BCUT2D eigenvalue weighted by Crippen LogP contribution is -2.67. The molecule has 2 bridgehead atoms. The molecule has 6 nitrogen and oxygen atoms in total. The van der Waals surface area contributed by atoms with Crippen LogP contribution in [0.3, 0.4) is 0 Å².